The summed E-state index contributed by atoms with van der Waals surface area (Å²) in [4.78, 5) is 14.3. The number of ether oxygens (including phenoxy) is 1. The van der Waals surface area contributed by atoms with Gasteiger partial charge in [-0.1, -0.05) is 18.2 Å². The maximum atomic E-state index is 14.5. The van der Waals surface area contributed by atoms with Gasteiger partial charge in [-0.15, -0.1) is 11.3 Å². The molecule has 2 aromatic carbocycles. The van der Waals surface area contributed by atoms with Crippen molar-refractivity contribution in [1.29, 1.82) is 0 Å². The number of morpholine rings is 1. The predicted octanol–water partition coefficient (Wildman–Crippen LogP) is 3.71. The molecule has 0 aliphatic carbocycles. The minimum Gasteiger partial charge on any atom is -0.378 e. The van der Waals surface area contributed by atoms with E-state index in [2.05, 4.69) is 10.0 Å². The Morgan fingerprint density at radius 2 is 1.78 bits per heavy atom. The summed E-state index contributed by atoms with van der Waals surface area (Å²) in [6.07, 6.45) is 0.0742. The van der Waals surface area contributed by atoms with Crippen molar-refractivity contribution in [2.24, 2.45) is 0 Å². The number of anilines is 3. The van der Waals surface area contributed by atoms with Gasteiger partial charge >= 0.3 is 0 Å². The number of amides is 1. The molecule has 0 atom stereocenters. The summed E-state index contributed by atoms with van der Waals surface area (Å²) >= 11 is 1.13. The van der Waals surface area contributed by atoms with E-state index in [0.717, 1.165) is 11.3 Å². The summed E-state index contributed by atoms with van der Waals surface area (Å²) in [5.74, 6) is -0.692. The van der Waals surface area contributed by atoms with E-state index in [-0.39, 0.29) is 16.5 Å². The molecule has 0 radical (unpaired) electrons. The highest BCUT2D eigenvalue weighted by Crippen LogP contribution is 2.24. The van der Waals surface area contributed by atoms with Gasteiger partial charge in [0.1, 0.15) is 10.0 Å². The quantitative estimate of drug-likeness (QED) is 0.544. The van der Waals surface area contributed by atoms with Gasteiger partial charge < -0.3 is 15.0 Å². The molecule has 4 rings (SSSR count). The molecule has 0 saturated carbocycles. The van der Waals surface area contributed by atoms with Crippen molar-refractivity contribution in [3.05, 3.63) is 71.4 Å². The summed E-state index contributed by atoms with van der Waals surface area (Å²) < 4.78 is 47.1. The van der Waals surface area contributed by atoms with Crippen molar-refractivity contribution in [2.75, 3.05) is 41.2 Å². The van der Waals surface area contributed by atoms with Crippen LogP contribution in [0.15, 0.2) is 64.2 Å². The van der Waals surface area contributed by atoms with Gasteiger partial charge in [-0.2, -0.15) is 0 Å². The molecule has 0 spiro atoms. The van der Waals surface area contributed by atoms with Gasteiger partial charge in [0, 0.05) is 24.5 Å². The van der Waals surface area contributed by atoms with Gasteiger partial charge in [-0.3, -0.25) is 9.52 Å². The van der Waals surface area contributed by atoms with E-state index < -0.39 is 15.8 Å². The van der Waals surface area contributed by atoms with Crippen LogP contribution in [0.1, 0.15) is 5.56 Å². The number of rotatable bonds is 7. The maximum absolute atomic E-state index is 14.5. The number of thiophene rings is 1. The molecule has 0 bridgehead atoms. The van der Waals surface area contributed by atoms with Crippen LogP contribution in [-0.2, 0) is 26.0 Å². The highest BCUT2D eigenvalue weighted by Gasteiger charge is 2.17. The second kappa shape index (κ2) is 9.68. The van der Waals surface area contributed by atoms with Gasteiger partial charge in [0.05, 0.1) is 25.3 Å². The molecule has 2 N–H and O–H groups in total. The number of hydrogen-bond donors (Lipinski definition) is 2. The van der Waals surface area contributed by atoms with E-state index in [9.17, 15) is 17.6 Å². The molecule has 1 fully saturated rings. The van der Waals surface area contributed by atoms with Gasteiger partial charge in [0.2, 0.25) is 5.91 Å². The van der Waals surface area contributed by atoms with Crippen LogP contribution in [0.5, 0.6) is 0 Å². The molecule has 1 amide bonds. The molecular weight excluding hydrogens is 453 g/mol. The molecular formula is C22H22FN3O4S2. The lowest BCUT2D eigenvalue weighted by molar-refractivity contribution is -0.115. The number of nitrogens with one attached hydrogen (secondary N) is 2. The Hall–Kier alpha value is -2.95. The zero-order chi connectivity index (χ0) is 22.6. The number of sulfonamides is 1. The summed E-state index contributed by atoms with van der Waals surface area (Å²) in [7, 11) is -3.62. The first kappa shape index (κ1) is 22.3. The maximum Gasteiger partial charge on any atom is 0.271 e. The van der Waals surface area contributed by atoms with Crippen LogP contribution in [0.25, 0.3) is 0 Å². The summed E-state index contributed by atoms with van der Waals surface area (Å²) in [6, 6.07) is 14.4. The minimum atomic E-state index is -3.62. The van der Waals surface area contributed by atoms with Crippen molar-refractivity contribution in [3.63, 3.8) is 0 Å². The zero-order valence-corrected chi connectivity index (χ0v) is 18.7. The van der Waals surface area contributed by atoms with E-state index >= 15 is 0 Å². The third-order valence-corrected chi connectivity index (χ3v) is 7.69. The van der Waals surface area contributed by atoms with Crippen molar-refractivity contribution in [2.45, 2.75) is 10.6 Å². The Balaban J connectivity index is 1.34. The first-order chi connectivity index (χ1) is 15.4. The fraction of sp³-hybridized carbons (Fsp3) is 0.227. The van der Waals surface area contributed by atoms with Crippen molar-refractivity contribution in [3.8, 4) is 0 Å². The molecule has 2 heterocycles. The number of halogens is 1. The van der Waals surface area contributed by atoms with Crippen LogP contribution >= 0.6 is 11.3 Å². The summed E-state index contributed by atoms with van der Waals surface area (Å²) in [5, 5.41) is 4.39. The molecule has 1 aliphatic rings. The molecule has 1 aliphatic heterocycles. The normalized spacial score (nSPS) is 14.2. The number of nitrogens with zero attached hydrogens (tertiary/aromatic N) is 1. The molecule has 1 saturated heterocycles. The third kappa shape index (κ3) is 5.45. The zero-order valence-electron chi connectivity index (χ0n) is 17.1. The molecule has 0 unspecified atom stereocenters. The average Bonchev–Trinajstić information content (AvgIpc) is 3.32. The van der Waals surface area contributed by atoms with Crippen molar-refractivity contribution >= 4 is 44.3 Å². The van der Waals surface area contributed by atoms with Crippen LogP contribution < -0.4 is 14.9 Å². The van der Waals surface area contributed by atoms with E-state index in [4.69, 9.17) is 4.74 Å². The Morgan fingerprint density at radius 1 is 1.06 bits per heavy atom. The molecule has 7 nitrogen and oxygen atoms in total. The first-order valence-corrected chi connectivity index (χ1v) is 12.3. The fourth-order valence-electron chi connectivity index (χ4n) is 3.35. The highest BCUT2D eigenvalue weighted by molar-refractivity contribution is 7.94. The van der Waals surface area contributed by atoms with Crippen LogP contribution in [0.2, 0.25) is 0 Å². The SMILES string of the molecule is O=C(Cc1ccc(NS(=O)(=O)c2cccs2)cc1)Nc1ccc(N2CCOCC2)c(F)c1. The van der Waals surface area contributed by atoms with Crippen LogP contribution in [-0.4, -0.2) is 40.6 Å². The topological polar surface area (TPSA) is 87.7 Å². The number of hydrogen-bond acceptors (Lipinski definition) is 6. The van der Waals surface area contributed by atoms with E-state index in [1.54, 1.807) is 47.8 Å². The van der Waals surface area contributed by atoms with Crippen LogP contribution in [0.4, 0.5) is 21.5 Å². The molecule has 168 valence electrons. The third-order valence-electron chi connectivity index (χ3n) is 4.91. The lowest BCUT2D eigenvalue weighted by atomic mass is 10.1. The monoisotopic (exact) mass is 475 g/mol. The molecule has 32 heavy (non-hydrogen) atoms. The number of carbonyl (C=O) groups is 1. The largest absolute Gasteiger partial charge is 0.378 e. The van der Waals surface area contributed by atoms with Crippen LogP contribution in [0.3, 0.4) is 0 Å². The van der Waals surface area contributed by atoms with Gasteiger partial charge in [0.15, 0.2) is 0 Å². The second-order valence-corrected chi connectivity index (χ2v) is 10.1. The summed E-state index contributed by atoms with van der Waals surface area (Å²) in [5.41, 5.74) is 1.98. The first-order valence-electron chi connectivity index (χ1n) is 9.98. The highest BCUT2D eigenvalue weighted by atomic mass is 32.2. The standard InChI is InChI=1S/C22H22FN3O4S2/c23-19-15-18(7-8-20(19)26-9-11-30-12-10-26)24-21(27)14-16-3-5-17(6-4-16)25-32(28,29)22-2-1-13-31-22/h1-8,13,15,25H,9-12,14H2,(H,24,27). The fourth-order valence-corrected chi connectivity index (χ4v) is 5.40. The number of benzene rings is 2. The molecule has 10 heteroatoms. The second-order valence-electron chi connectivity index (χ2n) is 7.23. The van der Waals surface area contributed by atoms with E-state index in [1.807, 2.05) is 4.90 Å². The molecule has 1 aromatic heterocycles. The predicted molar refractivity (Wildman–Crippen MR) is 123 cm³/mol. The van der Waals surface area contributed by atoms with Crippen LogP contribution in [0, 0.1) is 5.82 Å². The van der Waals surface area contributed by atoms with Crippen molar-refractivity contribution in [1.82, 2.24) is 0 Å². The van der Waals surface area contributed by atoms with Gasteiger partial charge in [-0.05, 0) is 47.3 Å². The lowest BCUT2D eigenvalue weighted by Gasteiger charge is -2.29. The van der Waals surface area contributed by atoms with E-state index in [1.165, 1.54) is 12.1 Å². The Kier molecular flexibility index (Phi) is 6.73. The van der Waals surface area contributed by atoms with E-state index in [0.29, 0.717) is 48.9 Å². The Bertz CT molecular complexity index is 1180. The lowest BCUT2D eigenvalue weighted by Crippen LogP contribution is -2.36. The summed E-state index contributed by atoms with van der Waals surface area (Å²) in [6.45, 7) is 2.38. The average molecular weight is 476 g/mol. The smallest absolute Gasteiger partial charge is 0.271 e. The Labute approximate surface area is 189 Å². The number of carbonyl (C=O) groups excluding carboxylic acids is 1. The van der Waals surface area contributed by atoms with Gasteiger partial charge in [0.25, 0.3) is 10.0 Å². The molecule has 3 aromatic rings. The van der Waals surface area contributed by atoms with Gasteiger partial charge in [-0.25, -0.2) is 12.8 Å². The van der Waals surface area contributed by atoms with Crippen molar-refractivity contribution < 1.29 is 22.3 Å². The minimum absolute atomic E-state index is 0.0742. The Morgan fingerprint density at radius 3 is 2.44 bits per heavy atom.